The third kappa shape index (κ3) is 7.51. The molecule has 2 aromatic heterocycles. The number of phenols is 1. The van der Waals surface area contributed by atoms with E-state index >= 15 is 0 Å². The molecule has 0 bridgehead atoms. The molecular weight excluding hydrogens is 866 g/mol. The van der Waals surface area contributed by atoms with Crippen LogP contribution in [-0.2, 0) is 31.9 Å². The number of nitrogens with zero attached hydrogens (tertiary/aromatic N) is 3. The van der Waals surface area contributed by atoms with E-state index in [0.717, 1.165) is 11.1 Å². The van der Waals surface area contributed by atoms with Crippen LogP contribution < -0.4 is 0 Å². The van der Waals surface area contributed by atoms with Gasteiger partial charge in [0.05, 0.1) is 27.8 Å². The summed E-state index contributed by atoms with van der Waals surface area (Å²) in [7, 11) is 0. The first-order valence-corrected chi connectivity index (χ1v) is 17.6. The van der Waals surface area contributed by atoms with Crippen molar-refractivity contribution in [2.45, 2.75) is 59.0 Å². The second-order valence-corrected chi connectivity index (χ2v) is 14.4. The number of aromatic nitrogens is 3. The summed E-state index contributed by atoms with van der Waals surface area (Å²) in [6.45, 7) is -8.05. The molecule has 0 aliphatic rings. The average molecular weight is 928 g/mol. The number of aromatic hydroxyl groups is 1. The molecule has 8 aromatic rings. The zero-order chi connectivity index (χ0) is 52.0. The number of benzene rings is 6. The van der Waals surface area contributed by atoms with E-state index in [4.69, 9.17) is 26.9 Å². The van der Waals surface area contributed by atoms with Gasteiger partial charge in [-0.3, -0.25) is 9.55 Å². The molecule has 4 nitrogen and oxygen atoms in total. The molecular formula is C51H46N3OPt-. The maximum absolute atomic E-state index is 11.3. The Balaban J connectivity index is 0.00000760. The molecule has 2 heterocycles. The number of rotatable bonds is 6. The van der Waals surface area contributed by atoms with E-state index in [9.17, 15) is 5.11 Å². The van der Waals surface area contributed by atoms with Gasteiger partial charge < -0.3 is 5.11 Å². The van der Waals surface area contributed by atoms with Gasteiger partial charge in [-0.2, -0.15) is 0 Å². The molecule has 1 N–H and O–H groups in total. The molecule has 0 atom stereocenters. The molecule has 8 rings (SSSR count). The summed E-state index contributed by atoms with van der Waals surface area (Å²) in [4.78, 5) is 9.77. The van der Waals surface area contributed by atoms with Gasteiger partial charge in [0.1, 0.15) is 11.6 Å². The SMILES string of the molecule is [2H]c1c([2H])c(C(C([2H])([2H])[2H])(C([2H])([2H])[2H])C([2H])([2H])[2H])c([2H])c([2H])c1-c1ccnc(-c2[c-]c(-c3cccc4c3nc(-c3ccccc3O)n4-c3ccc(-c4ccccc4)cc3C([2H])([2H])[2H])cc(C(C)(C)C)c2)c1.[Pt]. The molecule has 0 radical (unpaired) electrons. The second kappa shape index (κ2) is 15.2. The predicted octanol–water partition coefficient (Wildman–Crippen LogP) is 13.2. The quantitative estimate of drug-likeness (QED) is 0.169. The number of para-hydroxylation sites is 2. The molecule has 0 aliphatic carbocycles. The number of hydrogen-bond acceptors (Lipinski definition) is 3. The fourth-order valence-corrected chi connectivity index (χ4v) is 6.61. The number of phenolic OH excluding ortho intramolecular Hbond substituents is 1. The molecule has 0 aliphatic heterocycles. The molecule has 6 aromatic carbocycles. The summed E-state index contributed by atoms with van der Waals surface area (Å²) in [6, 6.07) is 32.9. The minimum Gasteiger partial charge on any atom is -0.507 e. The summed E-state index contributed by atoms with van der Waals surface area (Å²) >= 11 is 0. The summed E-state index contributed by atoms with van der Waals surface area (Å²) in [5.74, 6) is 0.184. The van der Waals surface area contributed by atoms with Crippen LogP contribution in [0.4, 0.5) is 0 Å². The van der Waals surface area contributed by atoms with Crippen molar-refractivity contribution in [3.05, 3.63) is 168 Å². The van der Waals surface area contributed by atoms with Gasteiger partial charge in [0.2, 0.25) is 0 Å². The van der Waals surface area contributed by atoms with Crippen molar-refractivity contribution >= 4 is 11.0 Å². The molecule has 56 heavy (non-hydrogen) atoms. The Kier molecular flexibility index (Phi) is 6.36. The van der Waals surface area contributed by atoms with Crippen LogP contribution in [-0.4, -0.2) is 19.6 Å². The first-order chi connectivity index (χ1) is 33.0. The maximum atomic E-state index is 11.3. The van der Waals surface area contributed by atoms with Crippen molar-refractivity contribution in [3.63, 3.8) is 0 Å². The van der Waals surface area contributed by atoms with Crippen molar-refractivity contribution in [2.24, 2.45) is 0 Å². The number of hydrogen-bond donors (Lipinski definition) is 1. The van der Waals surface area contributed by atoms with E-state index in [1.54, 1.807) is 41.0 Å². The Morgan fingerprint density at radius 3 is 2.11 bits per heavy atom. The number of imidazole rings is 1. The summed E-state index contributed by atoms with van der Waals surface area (Å²) in [5.41, 5.74) is 0.00275. The minimum atomic E-state index is -3.83. The van der Waals surface area contributed by atoms with Gasteiger partial charge >= 0.3 is 0 Å². The van der Waals surface area contributed by atoms with Crippen molar-refractivity contribution in [1.82, 2.24) is 14.5 Å². The van der Waals surface area contributed by atoms with Crippen molar-refractivity contribution in [3.8, 4) is 67.5 Å². The van der Waals surface area contributed by atoms with Crippen molar-refractivity contribution < 1.29 is 48.1 Å². The van der Waals surface area contributed by atoms with Gasteiger partial charge in [0.15, 0.2) is 0 Å². The van der Waals surface area contributed by atoms with E-state index in [-0.39, 0.29) is 55.0 Å². The zero-order valence-corrected chi connectivity index (χ0v) is 32.9. The fraction of sp³-hybridized carbons (Fsp3) is 0.176. The molecule has 0 saturated carbocycles. The molecule has 0 spiro atoms. The Labute approximate surface area is 367 Å². The van der Waals surface area contributed by atoms with Crippen molar-refractivity contribution in [2.75, 3.05) is 0 Å². The standard InChI is InChI=1S/C51H46N3O.Pt/c1-33-28-36(34-14-9-8-10-15-34)22-25-45(33)54-46-18-13-17-42(48(46)53-49(54)43-16-11-12-19-47(43)55)38-29-39(31-41(30-38)51(5,6)7)44-32-37(26-27-52-44)35-20-23-40(24-21-35)50(2,3)4;/h8-28,30-32,55H,1-7H3;/q-1;/i1D3,2D3,3D3,4D3,20D,21D,23D,24D;. The largest absolute Gasteiger partial charge is 0.507 e. The summed E-state index contributed by atoms with van der Waals surface area (Å²) < 4.78 is 138. The zero-order valence-electron chi connectivity index (χ0n) is 46.7. The monoisotopic (exact) mass is 927 g/mol. The molecule has 0 saturated heterocycles. The van der Waals surface area contributed by atoms with Gasteiger partial charge in [0.25, 0.3) is 0 Å². The molecule has 0 unspecified atom stereocenters. The van der Waals surface area contributed by atoms with Gasteiger partial charge in [-0.25, -0.2) is 4.98 Å². The molecule has 0 amide bonds. The van der Waals surface area contributed by atoms with Crippen LogP contribution in [0.5, 0.6) is 5.75 Å². The Bertz CT molecular complexity index is 3310. The summed E-state index contributed by atoms with van der Waals surface area (Å²) in [6.07, 6.45) is 1.37. The first kappa shape index (κ1) is 23.5. The van der Waals surface area contributed by atoms with Gasteiger partial charge in [-0.05, 0) is 87.5 Å². The third-order valence-electron chi connectivity index (χ3n) is 9.52. The third-order valence-corrected chi connectivity index (χ3v) is 9.52. The Morgan fingerprint density at radius 1 is 0.661 bits per heavy atom. The number of pyridine rings is 1. The first-order valence-electron chi connectivity index (χ1n) is 25.6. The van der Waals surface area contributed by atoms with Crippen LogP contribution in [0.3, 0.4) is 0 Å². The average Bonchev–Trinajstić information content (AvgIpc) is 3.67. The topological polar surface area (TPSA) is 50.9 Å². The number of fused-ring (bicyclic) bond motifs is 1. The fourth-order valence-electron chi connectivity index (χ4n) is 6.61. The van der Waals surface area contributed by atoms with Gasteiger partial charge in [-0.15, -0.1) is 29.3 Å². The van der Waals surface area contributed by atoms with E-state index in [1.807, 2.05) is 81.4 Å². The normalized spacial score (nSPS) is 16.8. The van der Waals surface area contributed by atoms with Crippen LogP contribution in [0.15, 0.2) is 146 Å². The van der Waals surface area contributed by atoms with Crippen LogP contribution >= 0.6 is 0 Å². The summed E-state index contributed by atoms with van der Waals surface area (Å²) in [5, 5.41) is 11.3. The van der Waals surface area contributed by atoms with Gasteiger partial charge in [0, 0.05) is 49.4 Å². The van der Waals surface area contributed by atoms with Crippen LogP contribution in [0, 0.1) is 12.9 Å². The smallest absolute Gasteiger partial charge is 0.148 e. The number of aryl methyl sites for hydroxylation is 1. The Hall–Kier alpha value is -5.57. The van der Waals surface area contributed by atoms with Crippen LogP contribution in [0.2, 0.25) is 0 Å². The van der Waals surface area contributed by atoms with E-state index in [0.29, 0.717) is 44.5 Å². The van der Waals surface area contributed by atoms with Gasteiger partial charge in [-0.1, -0.05) is 143 Å². The van der Waals surface area contributed by atoms with E-state index in [1.165, 1.54) is 24.4 Å². The van der Waals surface area contributed by atoms with Crippen molar-refractivity contribution in [1.29, 1.82) is 0 Å². The molecule has 282 valence electrons. The van der Waals surface area contributed by atoms with E-state index in [2.05, 4.69) is 11.1 Å². The van der Waals surface area contributed by atoms with Crippen LogP contribution in [0.25, 0.3) is 72.7 Å². The maximum Gasteiger partial charge on any atom is 0.148 e. The second-order valence-electron chi connectivity index (χ2n) is 14.4. The predicted molar refractivity (Wildman–Crippen MR) is 229 cm³/mol. The molecule has 5 heteroatoms. The minimum absolute atomic E-state index is 0. The van der Waals surface area contributed by atoms with Crippen LogP contribution in [0.1, 0.15) is 79.9 Å². The molecule has 0 fully saturated rings. The Morgan fingerprint density at radius 2 is 1.38 bits per heavy atom. The van der Waals surface area contributed by atoms with E-state index < -0.39 is 68.0 Å².